The molecule has 0 spiro atoms. The summed E-state index contributed by atoms with van der Waals surface area (Å²) in [5, 5.41) is 0.194. The Hall–Kier alpha value is -0.970. The molecule has 1 aromatic carbocycles. The van der Waals surface area contributed by atoms with Gasteiger partial charge in [0.05, 0.1) is 14.2 Å². The second kappa shape index (κ2) is 6.03. The first-order valence-electron chi connectivity index (χ1n) is 7.51. The molecule has 2 N–H and O–H groups in total. The van der Waals surface area contributed by atoms with Crippen molar-refractivity contribution in [2.24, 2.45) is 5.92 Å². The van der Waals surface area contributed by atoms with E-state index < -0.39 is 0 Å². The number of fused-ring (bicyclic) bond motifs is 1. The third kappa shape index (κ3) is 2.72. The summed E-state index contributed by atoms with van der Waals surface area (Å²) >= 11 is 6.65. The molecule has 0 radical (unpaired) electrons. The molecule has 1 aromatic rings. The summed E-state index contributed by atoms with van der Waals surface area (Å²) < 4.78 is 10.7. The Kier molecular flexibility index (Phi) is 4.29. The Balaban J connectivity index is 1.82. The molecule has 1 aliphatic heterocycles. The smallest absolute Gasteiger partial charge is 0.160 e. The van der Waals surface area contributed by atoms with Crippen LogP contribution in [0.5, 0.6) is 11.5 Å². The van der Waals surface area contributed by atoms with Crippen molar-refractivity contribution in [3.05, 3.63) is 23.8 Å². The van der Waals surface area contributed by atoms with Crippen molar-refractivity contribution in [1.29, 1.82) is 0 Å². The zero-order chi connectivity index (χ0) is 15.0. The van der Waals surface area contributed by atoms with E-state index in [0.717, 1.165) is 24.3 Å². The van der Waals surface area contributed by atoms with E-state index in [1.807, 2.05) is 6.07 Å². The first kappa shape index (κ1) is 14.9. The number of rotatable bonds is 3. The van der Waals surface area contributed by atoms with Gasteiger partial charge < -0.3 is 9.47 Å². The Bertz CT molecular complexity index is 511. The minimum absolute atomic E-state index is 0.194. The Labute approximate surface area is 131 Å². The third-order valence-electron chi connectivity index (χ3n) is 4.88. The van der Waals surface area contributed by atoms with E-state index in [4.69, 9.17) is 21.1 Å². The molecular weight excluding hydrogens is 288 g/mol. The monoisotopic (exact) mass is 310 g/mol. The fraction of sp³-hybridized carbons (Fsp3) is 0.625. The van der Waals surface area contributed by atoms with Crippen LogP contribution in [0.2, 0.25) is 0 Å². The number of halogens is 1. The highest BCUT2D eigenvalue weighted by molar-refractivity contribution is 6.21. The van der Waals surface area contributed by atoms with E-state index >= 15 is 0 Å². The lowest BCUT2D eigenvalue weighted by atomic mass is 9.74. The Morgan fingerprint density at radius 3 is 2.57 bits per heavy atom. The van der Waals surface area contributed by atoms with Gasteiger partial charge in [0.15, 0.2) is 11.5 Å². The van der Waals surface area contributed by atoms with Crippen LogP contribution in [0.25, 0.3) is 0 Å². The molecule has 116 valence electrons. The number of ether oxygens (including phenoxy) is 2. The number of nitrogens with one attached hydrogen (secondary N) is 2. The molecule has 1 saturated heterocycles. The van der Waals surface area contributed by atoms with Crippen LogP contribution in [0.4, 0.5) is 0 Å². The lowest BCUT2D eigenvalue weighted by Crippen LogP contribution is -2.40. The quantitative estimate of drug-likeness (QED) is 0.842. The van der Waals surface area contributed by atoms with Gasteiger partial charge in [-0.3, -0.25) is 10.9 Å². The molecule has 1 saturated carbocycles. The van der Waals surface area contributed by atoms with Gasteiger partial charge in [-0.2, -0.15) is 0 Å². The largest absolute Gasteiger partial charge is 0.493 e. The predicted octanol–water partition coefficient (Wildman–Crippen LogP) is 2.67. The summed E-state index contributed by atoms with van der Waals surface area (Å²) in [7, 11) is 3.33. The van der Waals surface area contributed by atoms with Crippen molar-refractivity contribution in [2.45, 2.75) is 43.1 Å². The average Bonchev–Trinajstić information content (AvgIpc) is 2.88. The third-order valence-corrected chi connectivity index (χ3v) is 5.35. The van der Waals surface area contributed by atoms with Crippen molar-refractivity contribution in [3.8, 4) is 11.5 Å². The van der Waals surface area contributed by atoms with E-state index in [-0.39, 0.29) is 5.38 Å². The zero-order valence-electron chi connectivity index (χ0n) is 12.7. The highest BCUT2D eigenvalue weighted by atomic mass is 35.5. The van der Waals surface area contributed by atoms with E-state index in [1.54, 1.807) is 14.2 Å². The molecule has 2 aliphatic rings. The highest BCUT2D eigenvalue weighted by Crippen LogP contribution is 2.43. The lowest BCUT2D eigenvalue weighted by molar-refractivity contribution is 0.289. The molecular formula is C16H23ClN2O2. The van der Waals surface area contributed by atoms with Gasteiger partial charge in [-0.15, -0.1) is 11.6 Å². The molecule has 0 amide bonds. The molecule has 1 heterocycles. The normalized spacial score (nSPS) is 35.3. The van der Waals surface area contributed by atoms with Gasteiger partial charge in [0.2, 0.25) is 0 Å². The van der Waals surface area contributed by atoms with E-state index in [1.165, 1.54) is 5.56 Å². The number of hydrogen-bond donors (Lipinski definition) is 2. The molecule has 2 fully saturated rings. The van der Waals surface area contributed by atoms with Crippen LogP contribution >= 0.6 is 11.6 Å². The zero-order valence-corrected chi connectivity index (χ0v) is 13.5. The summed E-state index contributed by atoms with van der Waals surface area (Å²) in [6, 6.07) is 7.06. The first-order valence-corrected chi connectivity index (χ1v) is 7.94. The molecule has 5 heteroatoms. The predicted molar refractivity (Wildman–Crippen MR) is 84.2 cm³/mol. The molecule has 5 unspecified atom stereocenters. The van der Waals surface area contributed by atoms with E-state index in [2.05, 4.69) is 29.9 Å². The number of methoxy groups -OCH3 is 2. The van der Waals surface area contributed by atoms with Crippen molar-refractivity contribution in [1.82, 2.24) is 10.9 Å². The Morgan fingerprint density at radius 1 is 1.10 bits per heavy atom. The summed E-state index contributed by atoms with van der Waals surface area (Å²) in [5.41, 5.74) is 8.00. The van der Waals surface area contributed by atoms with Crippen LogP contribution < -0.4 is 20.3 Å². The molecule has 21 heavy (non-hydrogen) atoms. The van der Waals surface area contributed by atoms with Gasteiger partial charge in [-0.1, -0.05) is 6.07 Å². The number of benzene rings is 1. The minimum atomic E-state index is 0.194. The van der Waals surface area contributed by atoms with E-state index in [9.17, 15) is 0 Å². The van der Waals surface area contributed by atoms with Gasteiger partial charge in [-0.25, -0.2) is 0 Å². The maximum absolute atomic E-state index is 6.65. The second-order valence-corrected chi connectivity index (χ2v) is 6.62. The maximum Gasteiger partial charge on any atom is 0.160 e. The van der Waals surface area contributed by atoms with Crippen LogP contribution in [0.15, 0.2) is 18.2 Å². The lowest BCUT2D eigenvalue weighted by Gasteiger charge is -2.36. The summed E-state index contributed by atoms with van der Waals surface area (Å²) in [4.78, 5) is 0. The second-order valence-electron chi connectivity index (χ2n) is 6.06. The van der Waals surface area contributed by atoms with Gasteiger partial charge in [-0.05, 0) is 43.4 Å². The Morgan fingerprint density at radius 2 is 1.86 bits per heavy atom. The standard InChI is InChI=1S/C16H23ClN2O2/c1-9-16-12(17)6-11(7-13(16)19-18-9)10-4-5-14(20-2)15(8-10)21-3/h4-5,8-9,11-13,16,18-19H,6-7H2,1-3H3. The van der Waals surface area contributed by atoms with Gasteiger partial charge in [0.25, 0.3) is 0 Å². The minimum Gasteiger partial charge on any atom is -0.493 e. The fourth-order valence-corrected chi connectivity index (χ4v) is 4.38. The molecule has 0 bridgehead atoms. The van der Waals surface area contributed by atoms with Crippen LogP contribution in [0.3, 0.4) is 0 Å². The van der Waals surface area contributed by atoms with Crippen LogP contribution in [0, 0.1) is 5.92 Å². The van der Waals surface area contributed by atoms with Crippen LogP contribution in [0.1, 0.15) is 31.2 Å². The molecule has 4 nitrogen and oxygen atoms in total. The SMILES string of the molecule is COc1ccc(C2CC(Cl)C3C(C)NNC3C2)cc1OC. The number of hydrazine groups is 1. The van der Waals surface area contributed by atoms with Gasteiger partial charge in [0.1, 0.15) is 0 Å². The molecule has 3 rings (SSSR count). The van der Waals surface area contributed by atoms with Gasteiger partial charge in [0, 0.05) is 23.4 Å². The maximum atomic E-state index is 6.65. The van der Waals surface area contributed by atoms with Crippen LogP contribution in [-0.2, 0) is 0 Å². The van der Waals surface area contributed by atoms with Gasteiger partial charge >= 0.3 is 0 Å². The van der Waals surface area contributed by atoms with Crippen molar-refractivity contribution < 1.29 is 9.47 Å². The topological polar surface area (TPSA) is 42.5 Å². The summed E-state index contributed by atoms with van der Waals surface area (Å²) in [5.74, 6) is 2.51. The molecule has 1 aliphatic carbocycles. The number of hydrogen-bond acceptors (Lipinski definition) is 4. The van der Waals surface area contributed by atoms with Crippen molar-refractivity contribution in [2.75, 3.05) is 14.2 Å². The van der Waals surface area contributed by atoms with Crippen molar-refractivity contribution in [3.63, 3.8) is 0 Å². The average molecular weight is 311 g/mol. The first-order chi connectivity index (χ1) is 10.1. The number of alkyl halides is 1. The fourth-order valence-electron chi connectivity index (χ4n) is 3.77. The summed E-state index contributed by atoms with van der Waals surface area (Å²) in [6.07, 6.45) is 2.10. The van der Waals surface area contributed by atoms with Crippen LogP contribution in [-0.4, -0.2) is 31.7 Å². The van der Waals surface area contributed by atoms with E-state index in [0.29, 0.717) is 23.9 Å². The molecule has 0 aromatic heterocycles. The highest BCUT2D eigenvalue weighted by Gasteiger charge is 2.43. The van der Waals surface area contributed by atoms with Crippen molar-refractivity contribution >= 4 is 11.6 Å². The molecule has 5 atom stereocenters. The summed E-state index contributed by atoms with van der Waals surface area (Å²) in [6.45, 7) is 2.20.